The Morgan fingerprint density at radius 3 is 2.76 bits per heavy atom. The topological polar surface area (TPSA) is 46.4 Å². The fourth-order valence-corrected chi connectivity index (χ4v) is 2.30. The molecule has 0 saturated carbocycles. The number of halogens is 1. The summed E-state index contributed by atoms with van der Waals surface area (Å²) in [4.78, 5) is 16.3. The molecule has 0 aliphatic carbocycles. The number of pyridine rings is 1. The first kappa shape index (κ1) is 13.6. The number of nitrogens with zero attached hydrogens (tertiary/aromatic N) is 2. The van der Waals surface area contributed by atoms with E-state index in [4.69, 9.17) is 11.6 Å². The van der Waals surface area contributed by atoms with Crippen LogP contribution in [0, 0.1) is 0 Å². The number of nitrogens with one attached hydrogen (secondary N) is 1. The lowest BCUT2D eigenvalue weighted by molar-refractivity contribution is -0.120. The lowest BCUT2D eigenvalue weighted by Crippen LogP contribution is -2.24. The Bertz CT molecular complexity index is 768. The highest BCUT2D eigenvalue weighted by Crippen LogP contribution is 2.11. The first-order valence-electron chi connectivity index (χ1n) is 6.64. The van der Waals surface area contributed by atoms with Crippen LogP contribution in [0.5, 0.6) is 0 Å². The first-order valence-corrected chi connectivity index (χ1v) is 7.02. The highest BCUT2D eigenvalue weighted by molar-refractivity contribution is 6.30. The molecule has 4 nitrogen and oxygen atoms in total. The van der Waals surface area contributed by atoms with Crippen molar-refractivity contribution in [2.75, 3.05) is 0 Å². The van der Waals surface area contributed by atoms with E-state index in [0.717, 1.165) is 16.9 Å². The van der Waals surface area contributed by atoms with Crippen molar-refractivity contribution in [1.29, 1.82) is 0 Å². The number of carbonyl (C=O) groups excluding carboxylic acids is 1. The van der Waals surface area contributed by atoms with Crippen molar-refractivity contribution < 1.29 is 4.79 Å². The van der Waals surface area contributed by atoms with Crippen molar-refractivity contribution in [1.82, 2.24) is 14.7 Å². The van der Waals surface area contributed by atoms with Crippen LogP contribution >= 0.6 is 11.6 Å². The van der Waals surface area contributed by atoms with Gasteiger partial charge in [-0.3, -0.25) is 4.79 Å². The van der Waals surface area contributed by atoms with Crippen LogP contribution < -0.4 is 5.32 Å². The Balaban J connectivity index is 1.62. The van der Waals surface area contributed by atoms with Crippen molar-refractivity contribution in [3.05, 3.63) is 71.1 Å². The smallest absolute Gasteiger partial charge is 0.224 e. The molecule has 3 aromatic rings. The van der Waals surface area contributed by atoms with Gasteiger partial charge in [-0.25, -0.2) is 4.98 Å². The van der Waals surface area contributed by atoms with Crippen LogP contribution in [0.4, 0.5) is 0 Å². The molecule has 3 rings (SSSR count). The van der Waals surface area contributed by atoms with E-state index >= 15 is 0 Å². The van der Waals surface area contributed by atoms with E-state index in [1.165, 1.54) is 0 Å². The summed E-state index contributed by atoms with van der Waals surface area (Å²) in [5, 5.41) is 3.53. The fraction of sp³-hybridized carbons (Fsp3) is 0.125. The largest absolute Gasteiger partial charge is 0.350 e. The Kier molecular flexibility index (Phi) is 3.88. The number of fused-ring (bicyclic) bond motifs is 1. The van der Waals surface area contributed by atoms with Crippen LogP contribution in [0.15, 0.2) is 54.9 Å². The number of aromatic nitrogens is 2. The Labute approximate surface area is 127 Å². The van der Waals surface area contributed by atoms with Crippen molar-refractivity contribution in [3.63, 3.8) is 0 Å². The molecule has 1 amide bonds. The molecule has 0 radical (unpaired) electrons. The molecular weight excluding hydrogens is 286 g/mol. The fourth-order valence-electron chi connectivity index (χ4n) is 2.14. The highest BCUT2D eigenvalue weighted by atomic mass is 35.5. The third-order valence-electron chi connectivity index (χ3n) is 3.14. The summed E-state index contributed by atoms with van der Waals surface area (Å²) in [5.74, 6) is -0.0173. The van der Waals surface area contributed by atoms with E-state index < -0.39 is 0 Å². The van der Waals surface area contributed by atoms with Crippen LogP contribution in [0.3, 0.4) is 0 Å². The van der Waals surface area contributed by atoms with Crippen molar-refractivity contribution in [2.24, 2.45) is 0 Å². The molecule has 2 heterocycles. The Morgan fingerprint density at radius 2 is 1.95 bits per heavy atom. The number of imidazole rings is 1. The predicted molar refractivity (Wildman–Crippen MR) is 82.2 cm³/mol. The van der Waals surface area contributed by atoms with Gasteiger partial charge in [0.25, 0.3) is 0 Å². The zero-order valence-electron chi connectivity index (χ0n) is 11.3. The average molecular weight is 300 g/mol. The standard InChI is InChI=1S/C16H14ClN3O/c17-13-6-7-15-19-14(11-20(15)10-13)9-18-16(21)8-12-4-2-1-3-5-12/h1-7,10-11H,8-9H2,(H,18,21). The number of carbonyl (C=O) groups is 1. The molecule has 0 bridgehead atoms. The molecule has 2 aromatic heterocycles. The monoisotopic (exact) mass is 299 g/mol. The van der Waals surface area contributed by atoms with Gasteiger partial charge < -0.3 is 9.72 Å². The van der Waals surface area contributed by atoms with Gasteiger partial charge in [0.15, 0.2) is 0 Å². The van der Waals surface area contributed by atoms with Gasteiger partial charge in [-0.15, -0.1) is 0 Å². The van der Waals surface area contributed by atoms with Gasteiger partial charge in [0.1, 0.15) is 5.65 Å². The van der Waals surface area contributed by atoms with E-state index in [-0.39, 0.29) is 5.91 Å². The van der Waals surface area contributed by atoms with Gasteiger partial charge in [0.05, 0.1) is 23.7 Å². The van der Waals surface area contributed by atoms with Crippen molar-refractivity contribution >= 4 is 23.2 Å². The van der Waals surface area contributed by atoms with E-state index in [0.29, 0.717) is 18.0 Å². The number of benzene rings is 1. The summed E-state index contributed by atoms with van der Waals surface area (Å²) in [5.41, 5.74) is 2.61. The van der Waals surface area contributed by atoms with Crippen LogP contribution in [0.25, 0.3) is 5.65 Å². The van der Waals surface area contributed by atoms with Crippen molar-refractivity contribution in [3.8, 4) is 0 Å². The van der Waals surface area contributed by atoms with Gasteiger partial charge in [-0.2, -0.15) is 0 Å². The molecule has 106 valence electrons. The zero-order valence-corrected chi connectivity index (χ0v) is 12.0. The number of amides is 1. The number of rotatable bonds is 4. The summed E-state index contributed by atoms with van der Waals surface area (Å²) in [6, 6.07) is 13.3. The Morgan fingerprint density at radius 1 is 1.14 bits per heavy atom. The first-order chi connectivity index (χ1) is 10.2. The second-order valence-corrected chi connectivity index (χ2v) is 5.22. The minimum atomic E-state index is -0.0173. The maximum atomic E-state index is 11.9. The second kappa shape index (κ2) is 5.97. The summed E-state index contributed by atoms with van der Waals surface area (Å²) >= 11 is 5.93. The second-order valence-electron chi connectivity index (χ2n) is 4.78. The molecular formula is C16H14ClN3O. The molecule has 5 heteroatoms. The molecule has 0 aliphatic heterocycles. The van der Waals surface area contributed by atoms with Crippen molar-refractivity contribution in [2.45, 2.75) is 13.0 Å². The van der Waals surface area contributed by atoms with Gasteiger partial charge in [-0.05, 0) is 17.7 Å². The molecule has 0 saturated heterocycles. The van der Waals surface area contributed by atoms with Gasteiger partial charge in [0, 0.05) is 12.4 Å². The molecule has 21 heavy (non-hydrogen) atoms. The summed E-state index contributed by atoms with van der Waals surface area (Å²) in [7, 11) is 0. The lowest BCUT2D eigenvalue weighted by atomic mass is 10.1. The molecule has 1 N–H and O–H groups in total. The van der Waals surface area contributed by atoms with E-state index in [1.54, 1.807) is 12.3 Å². The molecule has 1 aromatic carbocycles. The third kappa shape index (κ3) is 3.41. The van der Waals surface area contributed by atoms with Crippen LogP contribution in [-0.4, -0.2) is 15.3 Å². The summed E-state index contributed by atoms with van der Waals surface area (Å²) < 4.78 is 1.85. The minimum absolute atomic E-state index is 0.0173. The van der Waals surface area contributed by atoms with Gasteiger partial charge >= 0.3 is 0 Å². The highest BCUT2D eigenvalue weighted by Gasteiger charge is 2.06. The average Bonchev–Trinajstić information content (AvgIpc) is 2.88. The molecule has 0 aliphatic rings. The number of hydrogen-bond acceptors (Lipinski definition) is 2. The SMILES string of the molecule is O=C(Cc1ccccc1)NCc1cn2cc(Cl)ccc2n1. The Hall–Kier alpha value is -2.33. The third-order valence-corrected chi connectivity index (χ3v) is 3.36. The minimum Gasteiger partial charge on any atom is -0.350 e. The van der Waals surface area contributed by atoms with E-state index in [9.17, 15) is 4.79 Å². The maximum Gasteiger partial charge on any atom is 0.224 e. The van der Waals surface area contributed by atoms with Gasteiger partial charge in [0.2, 0.25) is 5.91 Å². The predicted octanol–water partition coefficient (Wildman–Crippen LogP) is 2.85. The molecule has 0 fully saturated rings. The molecule has 0 unspecified atom stereocenters. The van der Waals surface area contributed by atoms with Crippen LogP contribution in [0.2, 0.25) is 5.02 Å². The number of hydrogen-bond donors (Lipinski definition) is 1. The maximum absolute atomic E-state index is 11.9. The zero-order chi connectivity index (χ0) is 14.7. The quantitative estimate of drug-likeness (QED) is 0.805. The van der Waals surface area contributed by atoms with Crippen LogP contribution in [0.1, 0.15) is 11.3 Å². The lowest BCUT2D eigenvalue weighted by Gasteiger charge is -2.03. The van der Waals surface area contributed by atoms with Gasteiger partial charge in [-0.1, -0.05) is 41.9 Å². The normalized spacial score (nSPS) is 10.7. The van der Waals surface area contributed by atoms with Crippen LogP contribution in [-0.2, 0) is 17.8 Å². The summed E-state index contributed by atoms with van der Waals surface area (Å²) in [6.45, 7) is 0.408. The molecule has 0 spiro atoms. The molecule has 0 atom stereocenters. The summed E-state index contributed by atoms with van der Waals surface area (Å²) in [6.07, 6.45) is 4.03. The van der Waals surface area contributed by atoms with E-state index in [2.05, 4.69) is 10.3 Å². The van der Waals surface area contributed by atoms with E-state index in [1.807, 2.05) is 47.0 Å².